The molecule has 2 amide bonds. The number of rotatable bonds is 5. The number of nitrogens with one attached hydrogen (secondary N) is 1. The van der Waals surface area contributed by atoms with Crippen molar-refractivity contribution in [1.82, 2.24) is 0 Å². The third kappa shape index (κ3) is 3.85. The van der Waals surface area contributed by atoms with Crippen LogP contribution in [0.5, 0.6) is 5.75 Å². The Morgan fingerprint density at radius 1 is 0.931 bits per heavy atom. The van der Waals surface area contributed by atoms with Crippen LogP contribution in [0.15, 0.2) is 84.9 Å². The molecule has 0 spiro atoms. The fourth-order valence-corrected chi connectivity index (χ4v) is 3.80. The van der Waals surface area contributed by atoms with E-state index in [-0.39, 0.29) is 24.3 Å². The largest absolute Gasteiger partial charge is 0.497 e. The third-order valence-corrected chi connectivity index (χ3v) is 5.19. The van der Waals surface area contributed by atoms with Gasteiger partial charge in [0.05, 0.1) is 19.1 Å². The first-order valence-electron chi connectivity index (χ1n) is 9.54. The van der Waals surface area contributed by atoms with Gasteiger partial charge in [0.25, 0.3) is 0 Å². The molecule has 1 saturated heterocycles. The molecule has 1 aliphatic rings. The zero-order valence-corrected chi connectivity index (χ0v) is 16.1. The number of methoxy groups -OCH3 is 1. The quantitative estimate of drug-likeness (QED) is 0.706. The topological polar surface area (TPSA) is 58.6 Å². The molecule has 5 nitrogen and oxygen atoms in total. The molecule has 1 heterocycles. The minimum Gasteiger partial charge on any atom is -0.497 e. The number of ether oxygens (including phenoxy) is 1. The minimum atomic E-state index is -0.503. The lowest BCUT2D eigenvalue weighted by atomic mass is 9.92. The number of carbonyl (C=O) groups is 2. The van der Waals surface area contributed by atoms with E-state index < -0.39 is 5.92 Å². The van der Waals surface area contributed by atoms with Crippen LogP contribution in [0.25, 0.3) is 0 Å². The smallest absolute Gasteiger partial charge is 0.230 e. The molecule has 0 aromatic heterocycles. The Hall–Kier alpha value is -3.60. The number of carbonyl (C=O) groups excluding carboxylic acids is 2. The van der Waals surface area contributed by atoms with Crippen LogP contribution in [0.3, 0.4) is 0 Å². The molecule has 1 aliphatic heterocycles. The summed E-state index contributed by atoms with van der Waals surface area (Å²) in [5, 5.41) is 2.96. The molecule has 5 heteroatoms. The maximum Gasteiger partial charge on any atom is 0.230 e. The van der Waals surface area contributed by atoms with E-state index in [1.165, 1.54) is 0 Å². The van der Waals surface area contributed by atoms with Gasteiger partial charge in [0, 0.05) is 17.8 Å². The van der Waals surface area contributed by atoms with Crippen molar-refractivity contribution in [2.45, 2.75) is 12.5 Å². The van der Waals surface area contributed by atoms with E-state index in [9.17, 15) is 9.59 Å². The number of amides is 2. The molecule has 0 radical (unpaired) electrons. The summed E-state index contributed by atoms with van der Waals surface area (Å²) < 4.78 is 5.26. The second-order valence-corrected chi connectivity index (χ2v) is 6.98. The lowest BCUT2D eigenvalue weighted by Crippen LogP contribution is -2.32. The number of para-hydroxylation sites is 2. The van der Waals surface area contributed by atoms with Gasteiger partial charge in [-0.15, -0.1) is 0 Å². The lowest BCUT2D eigenvalue weighted by Gasteiger charge is -2.28. The van der Waals surface area contributed by atoms with Crippen LogP contribution in [0, 0.1) is 5.92 Å². The summed E-state index contributed by atoms with van der Waals surface area (Å²) in [4.78, 5) is 27.8. The van der Waals surface area contributed by atoms with Crippen molar-refractivity contribution in [3.8, 4) is 5.75 Å². The highest BCUT2D eigenvalue weighted by molar-refractivity contribution is 6.04. The van der Waals surface area contributed by atoms with Crippen molar-refractivity contribution >= 4 is 23.2 Å². The van der Waals surface area contributed by atoms with Gasteiger partial charge in [-0.3, -0.25) is 9.59 Å². The SMILES string of the molecule is COc1ccc(C2C(C(=O)Nc3ccccc3)CC(=O)N2c2ccccc2)cc1. The fourth-order valence-electron chi connectivity index (χ4n) is 3.80. The molecular weight excluding hydrogens is 364 g/mol. The third-order valence-electron chi connectivity index (χ3n) is 5.19. The van der Waals surface area contributed by atoms with Crippen molar-refractivity contribution in [3.05, 3.63) is 90.5 Å². The Morgan fingerprint density at radius 3 is 2.17 bits per heavy atom. The Kier molecular flexibility index (Phi) is 5.29. The number of hydrogen-bond acceptors (Lipinski definition) is 3. The minimum absolute atomic E-state index is 0.0646. The van der Waals surface area contributed by atoms with Crippen LogP contribution in [0.1, 0.15) is 18.0 Å². The number of nitrogens with zero attached hydrogens (tertiary/aromatic N) is 1. The average Bonchev–Trinajstić information content (AvgIpc) is 3.12. The summed E-state index contributed by atoms with van der Waals surface area (Å²) >= 11 is 0. The second-order valence-electron chi connectivity index (χ2n) is 6.98. The van der Waals surface area contributed by atoms with E-state index in [0.717, 1.165) is 22.7 Å². The molecule has 146 valence electrons. The molecular formula is C24H22N2O3. The molecule has 4 rings (SSSR count). The van der Waals surface area contributed by atoms with E-state index in [1.54, 1.807) is 12.0 Å². The highest BCUT2D eigenvalue weighted by atomic mass is 16.5. The summed E-state index contributed by atoms with van der Waals surface area (Å²) in [5.41, 5.74) is 2.40. The first kappa shape index (κ1) is 18.7. The summed E-state index contributed by atoms with van der Waals surface area (Å²) in [6, 6.07) is 25.9. The predicted molar refractivity (Wildman–Crippen MR) is 113 cm³/mol. The maximum atomic E-state index is 13.1. The molecule has 2 unspecified atom stereocenters. The van der Waals surface area contributed by atoms with Crippen LogP contribution in [0.4, 0.5) is 11.4 Å². The molecule has 29 heavy (non-hydrogen) atoms. The maximum absolute atomic E-state index is 13.1. The van der Waals surface area contributed by atoms with Gasteiger partial charge in [-0.1, -0.05) is 48.5 Å². The van der Waals surface area contributed by atoms with E-state index in [2.05, 4.69) is 5.32 Å². The molecule has 0 bridgehead atoms. The normalized spacial score (nSPS) is 18.5. The predicted octanol–water partition coefficient (Wildman–Crippen LogP) is 4.43. The van der Waals surface area contributed by atoms with Crippen molar-refractivity contribution in [1.29, 1.82) is 0 Å². The summed E-state index contributed by atoms with van der Waals surface area (Å²) in [5.74, 6) is -0.0000391. The Labute approximate surface area is 169 Å². The molecule has 1 N–H and O–H groups in total. The van der Waals surface area contributed by atoms with Gasteiger partial charge < -0.3 is 15.0 Å². The zero-order valence-electron chi connectivity index (χ0n) is 16.1. The van der Waals surface area contributed by atoms with E-state index in [1.807, 2.05) is 84.9 Å². The lowest BCUT2D eigenvalue weighted by molar-refractivity contribution is -0.122. The monoisotopic (exact) mass is 386 g/mol. The van der Waals surface area contributed by atoms with Gasteiger partial charge in [0.1, 0.15) is 5.75 Å². The molecule has 1 fully saturated rings. The summed E-state index contributed by atoms with van der Waals surface area (Å²) in [7, 11) is 1.61. The summed E-state index contributed by atoms with van der Waals surface area (Å²) in [6.45, 7) is 0. The first-order chi connectivity index (χ1) is 14.2. The van der Waals surface area contributed by atoms with Gasteiger partial charge >= 0.3 is 0 Å². The van der Waals surface area contributed by atoms with Crippen molar-refractivity contribution < 1.29 is 14.3 Å². The molecule has 3 aromatic carbocycles. The number of anilines is 2. The van der Waals surface area contributed by atoms with Gasteiger partial charge in [-0.05, 0) is 42.0 Å². The van der Waals surface area contributed by atoms with E-state index in [4.69, 9.17) is 4.74 Å². The van der Waals surface area contributed by atoms with Crippen LogP contribution in [-0.4, -0.2) is 18.9 Å². The Balaban J connectivity index is 1.71. The standard InChI is InChI=1S/C24H22N2O3/c1-29-20-14-12-17(13-15-20)23-21(24(28)25-18-8-4-2-5-9-18)16-22(27)26(23)19-10-6-3-7-11-19/h2-15,21,23H,16H2,1H3,(H,25,28). The Bertz CT molecular complexity index is 988. The van der Waals surface area contributed by atoms with Crippen molar-refractivity contribution in [2.75, 3.05) is 17.3 Å². The second kappa shape index (κ2) is 8.19. The van der Waals surface area contributed by atoms with Gasteiger partial charge in [0.15, 0.2) is 0 Å². The fraction of sp³-hybridized carbons (Fsp3) is 0.167. The Morgan fingerprint density at radius 2 is 1.55 bits per heavy atom. The molecule has 0 aliphatic carbocycles. The summed E-state index contributed by atoms with van der Waals surface area (Å²) in [6.07, 6.45) is 0.157. The van der Waals surface area contributed by atoms with E-state index >= 15 is 0 Å². The molecule has 3 aromatic rings. The number of benzene rings is 3. The molecule has 0 saturated carbocycles. The van der Waals surface area contributed by atoms with Crippen LogP contribution in [-0.2, 0) is 9.59 Å². The van der Waals surface area contributed by atoms with Crippen molar-refractivity contribution in [3.63, 3.8) is 0 Å². The highest BCUT2D eigenvalue weighted by Gasteiger charge is 2.45. The van der Waals surface area contributed by atoms with E-state index in [0.29, 0.717) is 0 Å². The van der Waals surface area contributed by atoms with Crippen LogP contribution in [0.2, 0.25) is 0 Å². The number of hydrogen-bond donors (Lipinski definition) is 1. The average molecular weight is 386 g/mol. The van der Waals surface area contributed by atoms with Gasteiger partial charge in [0.2, 0.25) is 11.8 Å². The van der Waals surface area contributed by atoms with Gasteiger partial charge in [-0.25, -0.2) is 0 Å². The van der Waals surface area contributed by atoms with Crippen LogP contribution < -0.4 is 15.0 Å². The zero-order chi connectivity index (χ0) is 20.2. The van der Waals surface area contributed by atoms with Crippen molar-refractivity contribution in [2.24, 2.45) is 5.92 Å². The molecule has 2 atom stereocenters. The van der Waals surface area contributed by atoms with Crippen LogP contribution >= 0.6 is 0 Å². The van der Waals surface area contributed by atoms with Gasteiger partial charge in [-0.2, -0.15) is 0 Å². The highest BCUT2D eigenvalue weighted by Crippen LogP contribution is 2.42. The first-order valence-corrected chi connectivity index (χ1v) is 9.54.